The molecule has 0 amide bonds. The summed E-state index contributed by atoms with van der Waals surface area (Å²) >= 11 is 0. The summed E-state index contributed by atoms with van der Waals surface area (Å²) in [7, 11) is 0. The van der Waals surface area contributed by atoms with Gasteiger partial charge in [-0.1, -0.05) is 0 Å². The maximum Gasteiger partial charge on any atom is 0.331 e. The van der Waals surface area contributed by atoms with Gasteiger partial charge in [-0.05, 0) is 42.2 Å². The maximum atomic E-state index is 11.1. The number of aliphatic carboxylic acids is 1. The average Bonchev–Trinajstić information content (AvgIpc) is 2.37. The van der Waals surface area contributed by atoms with Crippen molar-refractivity contribution in [2.75, 3.05) is 0 Å². The highest BCUT2D eigenvalue weighted by Crippen LogP contribution is 2.35. The monoisotopic (exact) mass is 290 g/mol. The normalized spacial score (nSPS) is 13.0. The number of esters is 2. The van der Waals surface area contributed by atoms with Crippen LogP contribution in [0.1, 0.15) is 31.4 Å². The zero-order valence-corrected chi connectivity index (χ0v) is 11.6. The molecule has 0 radical (unpaired) electrons. The number of hydrogen-bond acceptors (Lipinski definition) is 5. The molecule has 0 heterocycles. The fraction of sp³-hybridized carbons (Fsp3) is 0.267. The zero-order valence-electron chi connectivity index (χ0n) is 11.6. The molecule has 1 N–H and O–H groups in total. The van der Waals surface area contributed by atoms with Gasteiger partial charge in [-0.25, -0.2) is 4.79 Å². The molecular weight excluding hydrogens is 276 g/mol. The molecule has 2 rings (SSSR count). The predicted molar refractivity (Wildman–Crippen MR) is 73.0 cm³/mol. The Balaban J connectivity index is 2.49. The van der Waals surface area contributed by atoms with Gasteiger partial charge in [0.25, 0.3) is 0 Å². The third kappa shape index (κ3) is 3.47. The number of carbonyl (C=O) groups is 3. The van der Waals surface area contributed by atoms with Crippen molar-refractivity contribution in [3.8, 4) is 11.5 Å². The molecule has 0 saturated heterocycles. The quantitative estimate of drug-likeness (QED) is 0.676. The SMILES string of the molecule is CC(=O)Oc1cc2c(cc1OC(C)=O)CCC(C(=O)O)=C2. The van der Waals surface area contributed by atoms with Crippen LogP contribution in [0.15, 0.2) is 17.7 Å². The Morgan fingerprint density at radius 2 is 1.57 bits per heavy atom. The van der Waals surface area contributed by atoms with E-state index in [1.54, 1.807) is 6.07 Å². The van der Waals surface area contributed by atoms with E-state index in [-0.39, 0.29) is 17.1 Å². The van der Waals surface area contributed by atoms with Gasteiger partial charge in [0, 0.05) is 19.4 Å². The van der Waals surface area contributed by atoms with Crippen LogP contribution in [0.4, 0.5) is 0 Å². The molecule has 6 nitrogen and oxygen atoms in total. The van der Waals surface area contributed by atoms with Crippen LogP contribution in [0.2, 0.25) is 0 Å². The molecule has 0 spiro atoms. The molecule has 0 unspecified atom stereocenters. The first-order chi connectivity index (χ1) is 9.86. The highest BCUT2D eigenvalue weighted by Gasteiger charge is 2.20. The lowest BCUT2D eigenvalue weighted by Crippen LogP contribution is -2.11. The number of benzene rings is 1. The molecule has 1 aromatic carbocycles. The van der Waals surface area contributed by atoms with Crippen molar-refractivity contribution >= 4 is 24.0 Å². The number of rotatable bonds is 3. The van der Waals surface area contributed by atoms with E-state index in [9.17, 15) is 14.4 Å². The van der Waals surface area contributed by atoms with Gasteiger partial charge < -0.3 is 14.6 Å². The summed E-state index contributed by atoms with van der Waals surface area (Å²) < 4.78 is 10.0. The average molecular weight is 290 g/mol. The van der Waals surface area contributed by atoms with E-state index in [4.69, 9.17) is 14.6 Å². The molecule has 0 bridgehead atoms. The van der Waals surface area contributed by atoms with Crippen LogP contribution in [0.3, 0.4) is 0 Å². The number of carbonyl (C=O) groups excluding carboxylic acids is 2. The standard InChI is InChI=1S/C15H14O6/c1-8(16)20-13-6-10-3-4-11(15(18)19)5-12(10)7-14(13)21-9(2)17/h5-7H,3-4H2,1-2H3,(H,18,19). The van der Waals surface area contributed by atoms with Gasteiger partial charge in [0.15, 0.2) is 11.5 Å². The molecule has 21 heavy (non-hydrogen) atoms. The fourth-order valence-corrected chi connectivity index (χ4v) is 2.14. The summed E-state index contributed by atoms with van der Waals surface area (Å²) in [6.07, 6.45) is 2.45. The van der Waals surface area contributed by atoms with E-state index in [0.29, 0.717) is 18.4 Å². The van der Waals surface area contributed by atoms with Gasteiger partial charge in [0.05, 0.1) is 0 Å². The molecule has 1 aliphatic rings. The lowest BCUT2D eigenvalue weighted by atomic mass is 9.92. The van der Waals surface area contributed by atoms with Crippen LogP contribution in [-0.4, -0.2) is 23.0 Å². The number of ether oxygens (including phenoxy) is 2. The molecule has 0 saturated carbocycles. The van der Waals surface area contributed by atoms with Crippen molar-refractivity contribution in [2.24, 2.45) is 0 Å². The second-order valence-electron chi connectivity index (χ2n) is 4.66. The minimum absolute atomic E-state index is 0.0966. The van der Waals surface area contributed by atoms with E-state index < -0.39 is 17.9 Å². The highest BCUT2D eigenvalue weighted by atomic mass is 16.6. The summed E-state index contributed by atoms with van der Waals surface area (Å²) in [6, 6.07) is 3.11. The van der Waals surface area contributed by atoms with Crippen molar-refractivity contribution in [3.63, 3.8) is 0 Å². The molecule has 0 atom stereocenters. The number of carboxylic acids is 1. The van der Waals surface area contributed by atoms with E-state index in [1.165, 1.54) is 26.0 Å². The van der Waals surface area contributed by atoms with Gasteiger partial charge in [-0.3, -0.25) is 9.59 Å². The van der Waals surface area contributed by atoms with E-state index in [1.807, 2.05) is 0 Å². The Morgan fingerprint density at radius 3 is 2.10 bits per heavy atom. The smallest absolute Gasteiger partial charge is 0.331 e. The number of fused-ring (bicyclic) bond motifs is 1. The van der Waals surface area contributed by atoms with E-state index in [0.717, 1.165) is 5.56 Å². The lowest BCUT2D eigenvalue weighted by Gasteiger charge is -2.17. The largest absolute Gasteiger partial charge is 0.478 e. The minimum atomic E-state index is -0.973. The first-order valence-corrected chi connectivity index (χ1v) is 6.34. The molecule has 110 valence electrons. The summed E-state index contributed by atoms with van der Waals surface area (Å²) in [5, 5.41) is 9.03. The van der Waals surface area contributed by atoms with Gasteiger partial charge >= 0.3 is 17.9 Å². The Morgan fingerprint density at radius 1 is 1.00 bits per heavy atom. The van der Waals surface area contributed by atoms with Gasteiger partial charge in [-0.15, -0.1) is 0 Å². The van der Waals surface area contributed by atoms with Gasteiger partial charge in [0.2, 0.25) is 0 Å². The Bertz CT molecular complexity index is 656. The summed E-state index contributed by atoms with van der Waals surface area (Å²) in [4.78, 5) is 33.2. The molecule has 0 aliphatic heterocycles. The second-order valence-corrected chi connectivity index (χ2v) is 4.66. The molecule has 0 fully saturated rings. The zero-order chi connectivity index (χ0) is 15.6. The van der Waals surface area contributed by atoms with Crippen LogP contribution >= 0.6 is 0 Å². The summed E-state index contributed by atoms with van der Waals surface area (Å²) in [5.74, 6) is -1.80. The number of aryl methyl sites for hydroxylation is 1. The van der Waals surface area contributed by atoms with Gasteiger partial charge in [-0.2, -0.15) is 0 Å². The fourth-order valence-electron chi connectivity index (χ4n) is 2.14. The van der Waals surface area contributed by atoms with Crippen molar-refractivity contribution in [3.05, 3.63) is 28.8 Å². The molecule has 1 aromatic rings. The molecule has 1 aliphatic carbocycles. The van der Waals surface area contributed by atoms with Crippen LogP contribution in [0.25, 0.3) is 6.08 Å². The first kappa shape index (κ1) is 14.8. The first-order valence-electron chi connectivity index (χ1n) is 6.34. The second kappa shape index (κ2) is 5.78. The van der Waals surface area contributed by atoms with Crippen molar-refractivity contribution in [1.82, 2.24) is 0 Å². The van der Waals surface area contributed by atoms with Crippen LogP contribution in [0, 0.1) is 0 Å². The van der Waals surface area contributed by atoms with E-state index in [2.05, 4.69) is 0 Å². The van der Waals surface area contributed by atoms with Crippen LogP contribution < -0.4 is 9.47 Å². The molecule has 0 aromatic heterocycles. The maximum absolute atomic E-state index is 11.1. The minimum Gasteiger partial charge on any atom is -0.478 e. The Hall–Kier alpha value is -2.63. The highest BCUT2D eigenvalue weighted by molar-refractivity contribution is 5.93. The Labute approximate surface area is 121 Å². The van der Waals surface area contributed by atoms with Crippen molar-refractivity contribution < 1.29 is 29.0 Å². The van der Waals surface area contributed by atoms with Crippen LogP contribution in [0.5, 0.6) is 11.5 Å². The number of carboxylic acid groups (broad SMARTS) is 1. The topological polar surface area (TPSA) is 89.9 Å². The third-order valence-corrected chi connectivity index (χ3v) is 2.98. The lowest BCUT2D eigenvalue weighted by molar-refractivity contribution is -0.134. The van der Waals surface area contributed by atoms with Crippen LogP contribution in [-0.2, 0) is 20.8 Å². The molecule has 6 heteroatoms. The van der Waals surface area contributed by atoms with Crippen molar-refractivity contribution in [2.45, 2.75) is 26.7 Å². The summed E-state index contributed by atoms with van der Waals surface area (Å²) in [6.45, 7) is 2.48. The predicted octanol–water partition coefficient (Wildman–Crippen LogP) is 1.95. The molecular formula is C15H14O6. The Kier molecular flexibility index (Phi) is 4.07. The third-order valence-electron chi connectivity index (χ3n) is 2.98. The number of hydrogen-bond donors (Lipinski definition) is 1. The van der Waals surface area contributed by atoms with Gasteiger partial charge in [0.1, 0.15) is 0 Å². The van der Waals surface area contributed by atoms with E-state index >= 15 is 0 Å². The summed E-state index contributed by atoms with van der Waals surface area (Å²) in [5.41, 5.74) is 1.77. The van der Waals surface area contributed by atoms with Crippen molar-refractivity contribution in [1.29, 1.82) is 0 Å².